The number of nitrogens with zero attached hydrogens (tertiary/aromatic N) is 3. The van der Waals surface area contributed by atoms with Crippen molar-refractivity contribution in [2.24, 2.45) is 11.3 Å². The van der Waals surface area contributed by atoms with Gasteiger partial charge < -0.3 is 30.9 Å². The van der Waals surface area contributed by atoms with Crippen LogP contribution in [0.15, 0.2) is 24.3 Å². The number of benzene rings is 1. The number of aryl methyl sites for hydroxylation is 1. The molecule has 1 fully saturated rings. The smallest absolute Gasteiger partial charge is 0.407 e. The number of carbonyl (C=O) groups is 5. The van der Waals surface area contributed by atoms with Gasteiger partial charge in [-0.15, -0.1) is 0 Å². The zero-order valence-electron chi connectivity index (χ0n) is 26.5. The first-order valence-electron chi connectivity index (χ1n) is 15.1. The molecule has 12 heteroatoms. The van der Waals surface area contributed by atoms with Gasteiger partial charge in [0.15, 0.2) is 0 Å². The van der Waals surface area contributed by atoms with Crippen LogP contribution in [0.25, 0.3) is 0 Å². The van der Waals surface area contributed by atoms with E-state index >= 15 is 0 Å². The molecule has 1 aliphatic carbocycles. The molecule has 0 radical (unpaired) electrons. The third kappa shape index (κ3) is 8.39. The van der Waals surface area contributed by atoms with E-state index in [4.69, 9.17) is 0 Å². The summed E-state index contributed by atoms with van der Waals surface area (Å²) in [6.45, 7) is 11.2. The summed E-state index contributed by atoms with van der Waals surface area (Å²) >= 11 is 0. The van der Waals surface area contributed by atoms with Crippen LogP contribution in [0.1, 0.15) is 71.6 Å². The van der Waals surface area contributed by atoms with Crippen LogP contribution in [-0.4, -0.2) is 101 Å². The van der Waals surface area contributed by atoms with Crippen LogP contribution >= 0.6 is 0 Å². The maximum atomic E-state index is 14.1. The Morgan fingerprint density at radius 2 is 1.74 bits per heavy atom. The molecule has 1 aliphatic heterocycles. The minimum absolute atomic E-state index is 0.000841. The third-order valence-electron chi connectivity index (χ3n) is 8.12. The molecule has 1 aromatic rings. The number of fused-ring (bicyclic) bond motifs is 1. The molecule has 0 saturated carbocycles. The number of carbonyl (C=O) groups excluding carboxylic acids is 4. The van der Waals surface area contributed by atoms with Gasteiger partial charge in [0, 0.05) is 26.7 Å². The standard InChI is InChI=1S/C31H48N6O6/c1-19(2)25(34-26(38)20(3)37(30(42)43)18-31(4,5)6)28(40)36-16-15-35(29(41)32-7)17-24(36)27(39)33-23-14-10-12-21-11-8-9-13-22(21)23/h8-9,11,13,19-20,23-25H,10,12,14-18H2,1-7H3,(H,32,41)(H,33,39)(H,34,38)(H,42,43)/t20-,23+,24-,25-/m0/s1. The number of hydrogen-bond donors (Lipinski definition) is 4. The lowest BCUT2D eigenvalue weighted by Gasteiger charge is -2.43. The highest BCUT2D eigenvalue weighted by Gasteiger charge is 2.42. The van der Waals surface area contributed by atoms with Crippen LogP contribution in [0, 0.1) is 11.3 Å². The monoisotopic (exact) mass is 600 g/mol. The van der Waals surface area contributed by atoms with Crippen LogP contribution in [0.4, 0.5) is 9.59 Å². The molecule has 1 aromatic carbocycles. The van der Waals surface area contributed by atoms with Crippen molar-refractivity contribution in [1.29, 1.82) is 0 Å². The predicted molar refractivity (Wildman–Crippen MR) is 162 cm³/mol. The van der Waals surface area contributed by atoms with Crippen molar-refractivity contribution in [2.75, 3.05) is 33.2 Å². The minimum atomic E-state index is -1.23. The van der Waals surface area contributed by atoms with Crippen molar-refractivity contribution in [1.82, 2.24) is 30.7 Å². The summed E-state index contributed by atoms with van der Waals surface area (Å²) in [5, 5.41) is 18.3. The molecule has 12 nitrogen and oxygen atoms in total. The maximum Gasteiger partial charge on any atom is 0.407 e. The fourth-order valence-corrected chi connectivity index (χ4v) is 5.77. The van der Waals surface area contributed by atoms with Crippen molar-refractivity contribution in [3.05, 3.63) is 35.4 Å². The molecule has 1 saturated heterocycles. The number of amides is 6. The summed E-state index contributed by atoms with van der Waals surface area (Å²) < 4.78 is 0. The lowest BCUT2D eigenvalue weighted by atomic mass is 9.87. The maximum absolute atomic E-state index is 14.1. The second kappa shape index (κ2) is 14.1. The SMILES string of the molecule is CNC(=O)N1CCN(C(=O)[C@@H](NC(=O)[C@H](C)N(CC(C)(C)C)C(=O)O)C(C)C)[C@H](C(=O)N[C@@H]2CCCc3ccccc32)C1. The van der Waals surface area contributed by atoms with E-state index < -0.39 is 36.0 Å². The lowest BCUT2D eigenvalue weighted by Crippen LogP contribution is -2.66. The first-order chi connectivity index (χ1) is 20.1. The molecule has 0 aromatic heterocycles. The fraction of sp³-hybridized carbons (Fsp3) is 0.645. The van der Waals surface area contributed by atoms with Gasteiger partial charge >= 0.3 is 12.1 Å². The Kier molecular flexibility index (Phi) is 11.0. The van der Waals surface area contributed by atoms with Crippen LogP contribution in [0.5, 0.6) is 0 Å². The number of piperazine rings is 1. The summed E-state index contributed by atoms with van der Waals surface area (Å²) in [4.78, 5) is 69.8. The van der Waals surface area contributed by atoms with E-state index in [1.807, 2.05) is 39.0 Å². The summed E-state index contributed by atoms with van der Waals surface area (Å²) in [6, 6.07) is 4.41. The van der Waals surface area contributed by atoms with Gasteiger partial charge in [0.1, 0.15) is 18.1 Å². The first kappa shape index (κ1) is 33.7. The van der Waals surface area contributed by atoms with Crippen molar-refractivity contribution in [2.45, 2.75) is 85.0 Å². The van der Waals surface area contributed by atoms with Crippen molar-refractivity contribution in [3.8, 4) is 0 Å². The Labute approximate surface area is 254 Å². The molecule has 2 aliphatic rings. The number of rotatable bonds is 8. The second-order valence-electron chi connectivity index (χ2n) is 13.1. The van der Waals surface area contributed by atoms with Gasteiger partial charge in [-0.1, -0.05) is 58.9 Å². The van der Waals surface area contributed by atoms with E-state index in [2.05, 4.69) is 22.0 Å². The minimum Gasteiger partial charge on any atom is -0.465 e. The Balaban J connectivity index is 1.84. The van der Waals surface area contributed by atoms with Crippen LogP contribution < -0.4 is 16.0 Å². The number of urea groups is 1. The number of hydrogen-bond acceptors (Lipinski definition) is 5. The van der Waals surface area contributed by atoms with E-state index in [1.54, 1.807) is 13.8 Å². The summed E-state index contributed by atoms with van der Waals surface area (Å²) in [5.41, 5.74) is 1.85. The van der Waals surface area contributed by atoms with Gasteiger partial charge in [-0.25, -0.2) is 9.59 Å². The number of nitrogens with one attached hydrogen (secondary N) is 3. The molecule has 4 atom stereocenters. The van der Waals surface area contributed by atoms with Crippen LogP contribution in [-0.2, 0) is 20.8 Å². The summed E-state index contributed by atoms with van der Waals surface area (Å²) in [7, 11) is 1.51. The Morgan fingerprint density at radius 1 is 1.07 bits per heavy atom. The zero-order chi connectivity index (χ0) is 32.1. The quantitative estimate of drug-likeness (QED) is 0.360. The highest BCUT2D eigenvalue weighted by Crippen LogP contribution is 2.30. The molecular formula is C31H48N6O6. The fourth-order valence-electron chi connectivity index (χ4n) is 5.77. The zero-order valence-corrected chi connectivity index (χ0v) is 26.5. The van der Waals surface area contributed by atoms with Crippen molar-refractivity contribution >= 4 is 29.8 Å². The molecule has 3 rings (SSSR count). The lowest BCUT2D eigenvalue weighted by molar-refractivity contribution is -0.147. The average molecular weight is 601 g/mol. The van der Waals surface area contributed by atoms with Crippen molar-refractivity contribution in [3.63, 3.8) is 0 Å². The molecule has 6 amide bonds. The summed E-state index contributed by atoms with van der Waals surface area (Å²) in [5.74, 6) is -1.76. The molecular weight excluding hydrogens is 552 g/mol. The normalized spacial score (nSPS) is 20.0. The van der Waals surface area contributed by atoms with Crippen LogP contribution in [0.3, 0.4) is 0 Å². The number of carboxylic acid groups (broad SMARTS) is 1. The van der Waals surface area contributed by atoms with E-state index in [-0.39, 0.29) is 55.5 Å². The molecule has 1 heterocycles. The molecule has 0 spiro atoms. The van der Waals surface area contributed by atoms with E-state index in [9.17, 15) is 29.1 Å². The van der Waals surface area contributed by atoms with E-state index in [1.165, 1.54) is 29.3 Å². The molecule has 0 bridgehead atoms. The average Bonchev–Trinajstić information content (AvgIpc) is 2.96. The van der Waals surface area contributed by atoms with Crippen LogP contribution in [0.2, 0.25) is 0 Å². The van der Waals surface area contributed by atoms with Gasteiger partial charge in [-0.05, 0) is 48.6 Å². The largest absolute Gasteiger partial charge is 0.465 e. The highest BCUT2D eigenvalue weighted by atomic mass is 16.4. The van der Waals surface area contributed by atoms with Gasteiger partial charge in [0.25, 0.3) is 0 Å². The topological polar surface area (TPSA) is 151 Å². The first-order valence-corrected chi connectivity index (χ1v) is 15.1. The van der Waals surface area contributed by atoms with Gasteiger partial charge in [-0.3, -0.25) is 19.3 Å². The molecule has 0 unspecified atom stereocenters. The van der Waals surface area contributed by atoms with Gasteiger partial charge in [0.05, 0.1) is 12.6 Å². The van der Waals surface area contributed by atoms with E-state index in [0.717, 1.165) is 29.7 Å². The van der Waals surface area contributed by atoms with Crippen molar-refractivity contribution < 1.29 is 29.1 Å². The van der Waals surface area contributed by atoms with E-state index in [0.29, 0.717) is 0 Å². The molecule has 238 valence electrons. The molecule has 43 heavy (non-hydrogen) atoms. The third-order valence-corrected chi connectivity index (χ3v) is 8.12. The Morgan fingerprint density at radius 3 is 2.35 bits per heavy atom. The van der Waals surface area contributed by atoms with Gasteiger partial charge in [0.2, 0.25) is 17.7 Å². The summed E-state index contributed by atoms with van der Waals surface area (Å²) in [6.07, 6.45) is 1.39. The van der Waals surface area contributed by atoms with Gasteiger partial charge in [-0.2, -0.15) is 0 Å². The Bertz CT molecular complexity index is 1200. The predicted octanol–water partition coefficient (Wildman–Crippen LogP) is 2.59. The second-order valence-corrected chi connectivity index (χ2v) is 13.1. The molecule has 4 N–H and O–H groups in total. The Hall–Kier alpha value is -3.83. The highest BCUT2D eigenvalue weighted by molar-refractivity contribution is 5.94.